The van der Waals surface area contributed by atoms with E-state index < -0.39 is 0 Å². The number of pyridine rings is 1. The second kappa shape index (κ2) is 7.17. The normalized spacial score (nSPS) is 17.6. The van der Waals surface area contributed by atoms with Crippen molar-refractivity contribution in [3.8, 4) is 11.8 Å². The first-order valence-corrected chi connectivity index (χ1v) is 7.45. The molecule has 1 aromatic rings. The molecule has 1 unspecified atom stereocenters. The minimum atomic E-state index is -0.0828. The first-order chi connectivity index (χ1) is 9.31. The van der Waals surface area contributed by atoms with Gasteiger partial charge in [-0.15, -0.1) is 0 Å². The Labute approximate surface area is 117 Å². The number of hydrogen-bond acceptors (Lipinski definition) is 4. The van der Waals surface area contributed by atoms with Crippen molar-refractivity contribution < 1.29 is 4.79 Å². The average Bonchev–Trinajstić information content (AvgIpc) is 2.96. The largest absolute Gasteiger partial charge is 0.352 e. The molecule has 19 heavy (non-hydrogen) atoms. The zero-order valence-corrected chi connectivity index (χ0v) is 11.5. The fourth-order valence-electron chi connectivity index (χ4n) is 1.91. The van der Waals surface area contributed by atoms with Crippen molar-refractivity contribution in [3.05, 3.63) is 29.6 Å². The highest BCUT2D eigenvalue weighted by molar-refractivity contribution is 7.99. The Hall–Kier alpha value is -1.51. The minimum absolute atomic E-state index is 0.0828. The first-order valence-electron chi connectivity index (χ1n) is 6.30. The van der Waals surface area contributed by atoms with Crippen LogP contribution in [0.4, 0.5) is 0 Å². The highest BCUT2D eigenvalue weighted by Crippen LogP contribution is 2.22. The van der Waals surface area contributed by atoms with Crippen molar-refractivity contribution in [2.75, 3.05) is 24.6 Å². The molecule has 0 radical (unpaired) electrons. The molecule has 0 saturated carbocycles. The molecule has 1 atom stereocenters. The fraction of sp³-hybridized carbons (Fsp3) is 0.429. The molecule has 0 aliphatic carbocycles. The Morgan fingerprint density at radius 2 is 2.53 bits per heavy atom. The van der Waals surface area contributed by atoms with Gasteiger partial charge in [-0.3, -0.25) is 9.78 Å². The molecule has 2 rings (SSSR count). The van der Waals surface area contributed by atoms with E-state index in [0.717, 1.165) is 12.3 Å². The van der Waals surface area contributed by atoms with E-state index in [2.05, 4.69) is 22.1 Å². The lowest BCUT2D eigenvalue weighted by Crippen LogP contribution is -2.29. The molecule has 0 aromatic carbocycles. The van der Waals surface area contributed by atoms with Crippen LogP contribution < -0.4 is 11.1 Å². The fourth-order valence-corrected chi connectivity index (χ4v) is 3.20. The summed E-state index contributed by atoms with van der Waals surface area (Å²) >= 11 is 1.95. The summed E-state index contributed by atoms with van der Waals surface area (Å²) in [5.74, 6) is 8.47. The first kappa shape index (κ1) is 13.9. The molecule has 0 spiro atoms. The van der Waals surface area contributed by atoms with E-state index in [1.54, 1.807) is 18.5 Å². The third kappa shape index (κ3) is 3.98. The van der Waals surface area contributed by atoms with Crippen molar-refractivity contribution in [1.82, 2.24) is 10.3 Å². The van der Waals surface area contributed by atoms with Crippen molar-refractivity contribution >= 4 is 17.7 Å². The van der Waals surface area contributed by atoms with Gasteiger partial charge in [-0.2, -0.15) is 11.8 Å². The molecule has 4 nitrogen and oxygen atoms in total. The molecule has 2 heterocycles. The summed E-state index contributed by atoms with van der Waals surface area (Å²) in [7, 11) is 0. The predicted octanol–water partition coefficient (Wildman–Crippen LogP) is 0.875. The Morgan fingerprint density at radius 1 is 1.63 bits per heavy atom. The third-order valence-corrected chi connectivity index (χ3v) is 4.20. The molecule has 1 aliphatic rings. The van der Waals surface area contributed by atoms with Crippen LogP contribution in [0, 0.1) is 17.8 Å². The number of hydrogen-bond donors (Lipinski definition) is 2. The Bertz CT molecular complexity index is 501. The lowest BCUT2D eigenvalue weighted by atomic mass is 10.1. The van der Waals surface area contributed by atoms with E-state index in [1.807, 2.05) is 11.8 Å². The van der Waals surface area contributed by atoms with Gasteiger partial charge < -0.3 is 11.1 Å². The molecule has 1 fully saturated rings. The Morgan fingerprint density at radius 3 is 3.26 bits per heavy atom. The molecular weight excluding hydrogens is 258 g/mol. The van der Waals surface area contributed by atoms with Gasteiger partial charge in [0.25, 0.3) is 5.91 Å². The van der Waals surface area contributed by atoms with Crippen LogP contribution in [0.1, 0.15) is 22.3 Å². The van der Waals surface area contributed by atoms with Gasteiger partial charge >= 0.3 is 0 Å². The standard InChI is InChI=1S/C14H17N3OS/c15-5-1-2-12-9-16-6-3-13(12)14(18)17-8-11-4-7-19-10-11/h3,6,9,11H,4-5,7-8,10,15H2,(H,17,18). The van der Waals surface area contributed by atoms with Crippen molar-refractivity contribution in [2.45, 2.75) is 6.42 Å². The molecule has 1 amide bonds. The third-order valence-electron chi connectivity index (χ3n) is 2.97. The second-order valence-corrected chi connectivity index (χ2v) is 5.52. The summed E-state index contributed by atoms with van der Waals surface area (Å²) in [6.07, 6.45) is 4.39. The molecule has 0 bridgehead atoms. The van der Waals surface area contributed by atoms with Crippen molar-refractivity contribution in [3.63, 3.8) is 0 Å². The summed E-state index contributed by atoms with van der Waals surface area (Å²) in [6.45, 7) is 1.01. The summed E-state index contributed by atoms with van der Waals surface area (Å²) in [5.41, 5.74) is 6.55. The quantitative estimate of drug-likeness (QED) is 0.803. The number of thioether (sulfide) groups is 1. The number of rotatable bonds is 3. The summed E-state index contributed by atoms with van der Waals surface area (Å²) in [4.78, 5) is 16.1. The maximum absolute atomic E-state index is 12.1. The van der Waals surface area contributed by atoms with Gasteiger partial charge in [-0.05, 0) is 29.9 Å². The zero-order chi connectivity index (χ0) is 13.5. The van der Waals surface area contributed by atoms with Gasteiger partial charge in [-0.25, -0.2) is 0 Å². The lowest BCUT2D eigenvalue weighted by Gasteiger charge is -2.10. The molecule has 1 aliphatic heterocycles. The summed E-state index contributed by atoms with van der Waals surface area (Å²) in [6, 6.07) is 1.69. The van der Waals surface area contributed by atoms with Gasteiger partial charge in [0.05, 0.1) is 17.7 Å². The SMILES string of the molecule is NCC#Cc1cnccc1C(=O)NCC1CCSC1. The average molecular weight is 275 g/mol. The molecular formula is C14H17N3OS. The summed E-state index contributed by atoms with van der Waals surface area (Å²) < 4.78 is 0. The van der Waals surface area contributed by atoms with E-state index in [1.165, 1.54) is 12.2 Å². The van der Waals surface area contributed by atoms with Crippen LogP contribution in [0.5, 0.6) is 0 Å². The summed E-state index contributed by atoms with van der Waals surface area (Å²) in [5, 5.41) is 2.98. The number of aromatic nitrogens is 1. The zero-order valence-electron chi connectivity index (χ0n) is 10.7. The number of nitrogens with one attached hydrogen (secondary N) is 1. The lowest BCUT2D eigenvalue weighted by molar-refractivity contribution is 0.0948. The molecule has 1 aromatic heterocycles. The van der Waals surface area contributed by atoms with Crippen LogP contribution in [0.15, 0.2) is 18.5 Å². The Balaban J connectivity index is 2.01. The maximum atomic E-state index is 12.1. The van der Waals surface area contributed by atoms with Gasteiger partial charge in [-0.1, -0.05) is 11.8 Å². The van der Waals surface area contributed by atoms with E-state index in [-0.39, 0.29) is 12.5 Å². The molecule has 100 valence electrons. The number of nitrogens with zero attached hydrogens (tertiary/aromatic N) is 1. The van der Waals surface area contributed by atoms with Crippen molar-refractivity contribution in [1.29, 1.82) is 0 Å². The van der Waals surface area contributed by atoms with Gasteiger partial charge in [0, 0.05) is 18.9 Å². The number of nitrogens with two attached hydrogens (primary N) is 1. The minimum Gasteiger partial charge on any atom is -0.352 e. The number of carbonyl (C=O) groups is 1. The van der Waals surface area contributed by atoms with Crippen LogP contribution >= 0.6 is 11.8 Å². The van der Waals surface area contributed by atoms with Crippen molar-refractivity contribution in [2.24, 2.45) is 11.7 Å². The molecule has 3 N–H and O–H groups in total. The van der Waals surface area contributed by atoms with Gasteiger partial charge in [0.1, 0.15) is 0 Å². The molecule has 5 heteroatoms. The smallest absolute Gasteiger partial charge is 0.252 e. The van der Waals surface area contributed by atoms with Crippen LogP contribution in [-0.2, 0) is 0 Å². The van der Waals surface area contributed by atoms with Crippen LogP contribution in [0.2, 0.25) is 0 Å². The maximum Gasteiger partial charge on any atom is 0.252 e. The predicted molar refractivity (Wildman–Crippen MR) is 77.9 cm³/mol. The molecule has 1 saturated heterocycles. The van der Waals surface area contributed by atoms with E-state index in [9.17, 15) is 4.79 Å². The van der Waals surface area contributed by atoms with Crippen LogP contribution in [-0.4, -0.2) is 35.5 Å². The second-order valence-electron chi connectivity index (χ2n) is 4.37. The van der Waals surface area contributed by atoms with Crippen LogP contribution in [0.3, 0.4) is 0 Å². The van der Waals surface area contributed by atoms with Gasteiger partial charge in [0.15, 0.2) is 0 Å². The topological polar surface area (TPSA) is 68.0 Å². The number of carbonyl (C=O) groups excluding carboxylic acids is 1. The highest BCUT2D eigenvalue weighted by Gasteiger charge is 2.17. The van der Waals surface area contributed by atoms with E-state index in [0.29, 0.717) is 17.0 Å². The van der Waals surface area contributed by atoms with E-state index >= 15 is 0 Å². The Kier molecular flexibility index (Phi) is 5.25. The number of amides is 1. The highest BCUT2D eigenvalue weighted by atomic mass is 32.2. The van der Waals surface area contributed by atoms with Crippen LogP contribution in [0.25, 0.3) is 0 Å². The van der Waals surface area contributed by atoms with Gasteiger partial charge in [0.2, 0.25) is 0 Å². The monoisotopic (exact) mass is 275 g/mol. The van der Waals surface area contributed by atoms with E-state index in [4.69, 9.17) is 5.73 Å².